The molecular weight excluding hydrogens is 373 g/mol. The van der Waals surface area contributed by atoms with Crippen LogP contribution in [0.1, 0.15) is 36.2 Å². The Morgan fingerprint density at radius 3 is 2.55 bits per heavy atom. The molecule has 0 saturated carbocycles. The molecule has 4 rings (SSSR count). The second-order valence-electron chi connectivity index (χ2n) is 7.78. The van der Waals surface area contributed by atoms with E-state index < -0.39 is 5.82 Å². The number of nitrogens with zero attached hydrogens (tertiary/aromatic N) is 3. The van der Waals surface area contributed by atoms with Gasteiger partial charge in [0.05, 0.1) is 13.2 Å². The number of rotatable bonds is 4. The summed E-state index contributed by atoms with van der Waals surface area (Å²) < 4.78 is 19.3. The fourth-order valence-electron chi connectivity index (χ4n) is 4.12. The highest BCUT2D eigenvalue weighted by atomic mass is 19.1. The van der Waals surface area contributed by atoms with E-state index in [1.54, 1.807) is 29.2 Å². The summed E-state index contributed by atoms with van der Waals surface area (Å²) in [6, 6.07) is 8.17. The fourth-order valence-corrected chi connectivity index (χ4v) is 4.12. The summed E-state index contributed by atoms with van der Waals surface area (Å²) in [4.78, 5) is 33.0. The lowest BCUT2D eigenvalue weighted by Gasteiger charge is -2.32. The lowest BCUT2D eigenvalue weighted by Crippen LogP contribution is -2.41. The van der Waals surface area contributed by atoms with Crippen molar-refractivity contribution < 1.29 is 18.7 Å². The first kappa shape index (κ1) is 19.8. The zero-order valence-electron chi connectivity index (χ0n) is 16.5. The van der Waals surface area contributed by atoms with Crippen LogP contribution in [-0.2, 0) is 9.53 Å². The van der Waals surface area contributed by atoms with Gasteiger partial charge >= 0.3 is 0 Å². The first-order valence-electron chi connectivity index (χ1n) is 10.3. The Kier molecular flexibility index (Phi) is 6.04. The van der Waals surface area contributed by atoms with E-state index in [2.05, 4.69) is 4.98 Å². The monoisotopic (exact) mass is 399 g/mol. The van der Waals surface area contributed by atoms with Crippen LogP contribution in [0.25, 0.3) is 10.9 Å². The molecule has 0 N–H and O–H groups in total. The number of hydrogen-bond acceptors (Lipinski definition) is 4. The minimum absolute atomic E-state index is 0.155. The largest absolute Gasteiger partial charge is 0.378 e. The van der Waals surface area contributed by atoms with Gasteiger partial charge in [-0.15, -0.1) is 0 Å². The summed E-state index contributed by atoms with van der Waals surface area (Å²) in [6.07, 6.45) is 3.18. The zero-order chi connectivity index (χ0) is 20.2. The number of pyridine rings is 1. The van der Waals surface area contributed by atoms with Gasteiger partial charge in [-0.2, -0.15) is 0 Å². The van der Waals surface area contributed by atoms with Crippen molar-refractivity contribution >= 4 is 22.7 Å². The van der Waals surface area contributed by atoms with E-state index in [-0.39, 0.29) is 23.0 Å². The number of likely N-dealkylation sites (tertiary alicyclic amines) is 1. The number of hydrogen-bond donors (Lipinski definition) is 0. The molecule has 2 aliphatic heterocycles. The second kappa shape index (κ2) is 8.86. The second-order valence-corrected chi connectivity index (χ2v) is 7.78. The van der Waals surface area contributed by atoms with Crippen molar-refractivity contribution in [2.75, 3.05) is 39.4 Å². The quantitative estimate of drug-likeness (QED) is 0.793. The van der Waals surface area contributed by atoms with Gasteiger partial charge in [0.2, 0.25) is 5.91 Å². The first-order chi connectivity index (χ1) is 14.1. The van der Waals surface area contributed by atoms with Gasteiger partial charge in [-0.25, -0.2) is 9.37 Å². The van der Waals surface area contributed by atoms with Gasteiger partial charge in [0, 0.05) is 38.0 Å². The number of aromatic nitrogens is 1. The molecule has 0 radical (unpaired) electrons. The number of amides is 2. The molecule has 1 aromatic carbocycles. The van der Waals surface area contributed by atoms with Gasteiger partial charge in [-0.05, 0) is 37.3 Å². The molecule has 3 heterocycles. The third kappa shape index (κ3) is 4.56. The highest BCUT2D eigenvalue weighted by molar-refractivity contribution is 5.95. The molecule has 2 aliphatic rings. The lowest BCUT2D eigenvalue weighted by atomic mass is 9.91. The predicted octanol–water partition coefficient (Wildman–Crippen LogP) is 2.87. The summed E-state index contributed by atoms with van der Waals surface area (Å²) in [6.45, 7) is 3.91. The molecule has 6 nitrogen and oxygen atoms in total. The Balaban J connectivity index is 1.29. The van der Waals surface area contributed by atoms with Crippen LogP contribution in [0, 0.1) is 11.7 Å². The Morgan fingerprint density at radius 2 is 1.79 bits per heavy atom. The number of carbonyl (C=O) groups is 2. The first-order valence-corrected chi connectivity index (χ1v) is 10.3. The summed E-state index contributed by atoms with van der Waals surface area (Å²) in [5, 5.41) is 0.685. The number of ether oxygens (including phenoxy) is 1. The van der Waals surface area contributed by atoms with Crippen LogP contribution in [-0.4, -0.2) is 66.0 Å². The number of para-hydroxylation sites is 1. The van der Waals surface area contributed by atoms with Gasteiger partial charge in [0.1, 0.15) is 17.0 Å². The van der Waals surface area contributed by atoms with Gasteiger partial charge in [-0.1, -0.05) is 18.2 Å². The topological polar surface area (TPSA) is 62.7 Å². The molecule has 2 amide bonds. The van der Waals surface area contributed by atoms with E-state index in [9.17, 15) is 14.0 Å². The van der Waals surface area contributed by atoms with Crippen molar-refractivity contribution in [3.8, 4) is 0 Å². The minimum Gasteiger partial charge on any atom is -0.378 e. The molecular formula is C22H26FN3O3. The van der Waals surface area contributed by atoms with Crippen molar-refractivity contribution in [3.63, 3.8) is 0 Å². The van der Waals surface area contributed by atoms with E-state index in [0.29, 0.717) is 57.1 Å². The molecule has 0 atom stereocenters. The smallest absolute Gasteiger partial charge is 0.272 e. The number of benzene rings is 1. The van der Waals surface area contributed by atoms with Gasteiger partial charge in [-0.3, -0.25) is 9.59 Å². The molecule has 0 aliphatic carbocycles. The molecule has 1 aromatic heterocycles. The van der Waals surface area contributed by atoms with Crippen molar-refractivity contribution in [1.82, 2.24) is 14.8 Å². The number of carbonyl (C=O) groups excluding carboxylic acids is 2. The minimum atomic E-state index is -0.416. The molecule has 0 spiro atoms. The Bertz CT molecular complexity index is 890. The Hall–Kier alpha value is -2.54. The molecule has 2 saturated heterocycles. The molecule has 0 unspecified atom stereocenters. The number of fused-ring (bicyclic) bond motifs is 1. The van der Waals surface area contributed by atoms with Crippen LogP contribution in [0.2, 0.25) is 0 Å². The zero-order valence-corrected chi connectivity index (χ0v) is 16.5. The number of morpholine rings is 1. The van der Waals surface area contributed by atoms with E-state index in [0.717, 1.165) is 19.3 Å². The van der Waals surface area contributed by atoms with Crippen LogP contribution >= 0.6 is 0 Å². The molecule has 7 heteroatoms. The maximum absolute atomic E-state index is 14.0. The predicted molar refractivity (Wildman–Crippen MR) is 107 cm³/mol. The van der Waals surface area contributed by atoms with Gasteiger partial charge in [0.15, 0.2) is 0 Å². The average Bonchev–Trinajstić information content (AvgIpc) is 2.78. The van der Waals surface area contributed by atoms with Crippen LogP contribution in [0.4, 0.5) is 4.39 Å². The van der Waals surface area contributed by atoms with Gasteiger partial charge < -0.3 is 14.5 Å². The van der Waals surface area contributed by atoms with Gasteiger partial charge in [0.25, 0.3) is 5.91 Å². The summed E-state index contributed by atoms with van der Waals surface area (Å²) in [7, 11) is 0. The van der Waals surface area contributed by atoms with E-state index in [1.165, 1.54) is 6.07 Å². The molecule has 0 bridgehead atoms. The van der Waals surface area contributed by atoms with Crippen molar-refractivity contribution in [2.24, 2.45) is 5.92 Å². The Morgan fingerprint density at radius 1 is 1.03 bits per heavy atom. The third-order valence-corrected chi connectivity index (χ3v) is 5.92. The maximum Gasteiger partial charge on any atom is 0.272 e. The molecule has 2 fully saturated rings. The van der Waals surface area contributed by atoms with Crippen molar-refractivity contribution in [1.29, 1.82) is 0 Å². The Labute approximate surface area is 169 Å². The number of piperidine rings is 1. The highest BCUT2D eigenvalue weighted by Crippen LogP contribution is 2.24. The summed E-state index contributed by atoms with van der Waals surface area (Å²) in [5.41, 5.74) is 0.512. The molecule has 29 heavy (non-hydrogen) atoms. The maximum atomic E-state index is 14.0. The van der Waals surface area contributed by atoms with E-state index >= 15 is 0 Å². The van der Waals surface area contributed by atoms with Crippen molar-refractivity contribution in [2.45, 2.75) is 25.7 Å². The molecule has 2 aromatic rings. The van der Waals surface area contributed by atoms with Crippen LogP contribution in [0.15, 0.2) is 30.3 Å². The fraction of sp³-hybridized carbons (Fsp3) is 0.500. The SMILES string of the molecule is O=C(CCC1CCN(C(=O)c2ccc3cccc(F)c3n2)CC1)N1CCOCC1. The third-order valence-electron chi connectivity index (χ3n) is 5.92. The lowest BCUT2D eigenvalue weighted by molar-refractivity contribution is -0.135. The van der Waals surface area contributed by atoms with Crippen LogP contribution < -0.4 is 0 Å². The normalized spacial score (nSPS) is 18.2. The molecule has 154 valence electrons. The van der Waals surface area contributed by atoms with E-state index in [4.69, 9.17) is 4.74 Å². The standard InChI is InChI=1S/C22H26FN3O3/c23-18-3-1-2-17-5-6-19(24-21(17)18)22(28)26-10-8-16(9-11-26)4-7-20(27)25-12-14-29-15-13-25/h1-3,5-6,16H,4,7-15H2. The highest BCUT2D eigenvalue weighted by Gasteiger charge is 2.26. The average molecular weight is 399 g/mol. The summed E-state index contributed by atoms with van der Waals surface area (Å²) >= 11 is 0. The van der Waals surface area contributed by atoms with E-state index in [1.807, 2.05) is 4.90 Å². The number of halogens is 1. The van der Waals surface area contributed by atoms with Crippen LogP contribution in [0.3, 0.4) is 0 Å². The van der Waals surface area contributed by atoms with Crippen molar-refractivity contribution in [3.05, 3.63) is 41.8 Å². The summed E-state index contributed by atoms with van der Waals surface area (Å²) in [5.74, 6) is 0.0824. The van der Waals surface area contributed by atoms with Crippen LogP contribution in [0.5, 0.6) is 0 Å².